The summed E-state index contributed by atoms with van der Waals surface area (Å²) in [6.07, 6.45) is 1.60. The Morgan fingerprint density at radius 3 is 2.17 bits per heavy atom. The van der Waals surface area contributed by atoms with Gasteiger partial charge in [0.2, 0.25) is 5.91 Å². The minimum atomic E-state index is -0.216. The lowest BCUT2D eigenvalue weighted by molar-refractivity contribution is -0.121. The average Bonchev–Trinajstić information content (AvgIpc) is 2.81. The van der Waals surface area contributed by atoms with Gasteiger partial charge in [0.05, 0.1) is 5.92 Å². The molecule has 0 aliphatic carbocycles. The summed E-state index contributed by atoms with van der Waals surface area (Å²) in [4.78, 5) is 27.2. The molecule has 1 aliphatic heterocycles. The number of piperidine rings is 1. The van der Waals surface area contributed by atoms with Crippen LogP contribution in [0, 0.1) is 5.92 Å². The summed E-state index contributed by atoms with van der Waals surface area (Å²) in [5.74, 6) is 1.18. The van der Waals surface area contributed by atoms with Crippen LogP contribution >= 0.6 is 0 Å². The number of nitrogens with one attached hydrogen (secondary N) is 1. The van der Waals surface area contributed by atoms with Gasteiger partial charge in [-0.05, 0) is 61.4 Å². The van der Waals surface area contributed by atoms with E-state index >= 15 is 0 Å². The maximum absolute atomic E-state index is 12.8. The predicted molar refractivity (Wildman–Crippen MR) is 117 cm³/mol. The molecule has 152 valence electrons. The molecule has 1 saturated heterocycles. The van der Waals surface area contributed by atoms with E-state index in [1.807, 2.05) is 84.9 Å². The van der Waals surface area contributed by atoms with Crippen molar-refractivity contribution in [1.82, 2.24) is 4.90 Å². The molecule has 30 heavy (non-hydrogen) atoms. The number of carbonyl (C=O) groups excluding carboxylic acids is 2. The second kappa shape index (κ2) is 9.27. The van der Waals surface area contributed by atoms with Gasteiger partial charge in [0.25, 0.3) is 5.91 Å². The SMILES string of the molecule is O=C(Nc1ccc(Oc2ccccc2)cc1)C1CCCN(C(=O)c2ccccc2)C1. The summed E-state index contributed by atoms with van der Waals surface area (Å²) in [5, 5.41) is 2.97. The number of benzene rings is 3. The number of likely N-dealkylation sites (tertiary alicyclic amines) is 1. The number of carbonyl (C=O) groups is 2. The van der Waals surface area contributed by atoms with Crippen LogP contribution in [0.2, 0.25) is 0 Å². The van der Waals surface area contributed by atoms with Crippen molar-refractivity contribution in [3.63, 3.8) is 0 Å². The van der Waals surface area contributed by atoms with E-state index in [0.717, 1.165) is 18.6 Å². The lowest BCUT2D eigenvalue weighted by Gasteiger charge is -2.32. The van der Waals surface area contributed by atoms with Gasteiger partial charge in [-0.2, -0.15) is 0 Å². The molecule has 0 bridgehead atoms. The molecule has 1 N–H and O–H groups in total. The van der Waals surface area contributed by atoms with Gasteiger partial charge in [0.1, 0.15) is 11.5 Å². The van der Waals surface area contributed by atoms with Crippen LogP contribution in [-0.2, 0) is 4.79 Å². The molecule has 1 aliphatic rings. The zero-order valence-corrected chi connectivity index (χ0v) is 16.7. The fourth-order valence-corrected chi connectivity index (χ4v) is 3.61. The van der Waals surface area contributed by atoms with E-state index in [0.29, 0.717) is 30.1 Å². The quantitative estimate of drug-likeness (QED) is 0.658. The molecule has 1 heterocycles. The number of para-hydroxylation sites is 1. The standard InChI is InChI=1S/C25H24N2O3/c28-24(20-10-7-17-27(18-20)25(29)19-8-3-1-4-9-19)26-21-13-15-23(16-14-21)30-22-11-5-2-6-12-22/h1-6,8-9,11-16,20H,7,10,17-18H2,(H,26,28). The van der Waals surface area contributed by atoms with Crippen molar-refractivity contribution in [2.45, 2.75) is 12.8 Å². The van der Waals surface area contributed by atoms with Crippen LogP contribution in [0.1, 0.15) is 23.2 Å². The first-order valence-electron chi connectivity index (χ1n) is 10.2. The third kappa shape index (κ3) is 4.87. The molecule has 1 fully saturated rings. The summed E-state index contributed by atoms with van der Waals surface area (Å²) in [7, 11) is 0. The van der Waals surface area contributed by atoms with Crippen molar-refractivity contribution < 1.29 is 14.3 Å². The van der Waals surface area contributed by atoms with Crippen LogP contribution in [0.4, 0.5) is 5.69 Å². The predicted octanol–water partition coefficient (Wildman–Crippen LogP) is 4.97. The Kier molecular flexibility index (Phi) is 6.09. The van der Waals surface area contributed by atoms with E-state index in [1.165, 1.54) is 0 Å². The Hall–Kier alpha value is -3.60. The Balaban J connectivity index is 1.34. The maximum Gasteiger partial charge on any atom is 0.253 e. The highest BCUT2D eigenvalue weighted by molar-refractivity contribution is 5.96. The molecule has 1 unspecified atom stereocenters. The largest absolute Gasteiger partial charge is 0.457 e. The number of rotatable bonds is 5. The molecular formula is C25H24N2O3. The molecule has 3 aromatic rings. The normalized spacial score (nSPS) is 16.0. The first-order chi connectivity index (χ1) is 14.7. The van der Waals surface area contributed by atoms with E-state index in [4.69, 9.17) is 4.74 Å². The van der Waals surface area contributed by atoms with Gasteiger partial charge in [-0.25, -0.2) is 0 Å². The summed E-state index contributed by atoms with van der Waals surface area (Å²) < 4.78 is 5.78. The van der Waals surface area contributed by atoms with E-state index in [2.05, 4.69) is 5.32 Å². The first-order valence-corrected chi connectivity index (χ1v) is 10.2. The van der Waals surface area contributed by atoms with Gasteiger partial charge in [-0.3, -0.25) is 9.59 Å². The molecule has 0 radical (unpaired) electrons. The Morgan fingerprint density at radius 1 is 0.833 bits per heavy atom. The first kappa shape index (κ1) is 19.7. The van der Waals surface area contributed by atoms with Gasteiger partial charge in [-0.15, -0.1) is 0 Å². The van der Waals surface area contributed by atoms with Crippen molar-refractivity contribution in [1.29, 1.82) is 0 Å². The Morgan fingerprint density at radius 2 is 1.47 bits per heavy atom. The topological polar surface area (TPSA) is 58.6 Å². The Labute approximate surface area is 176 Å². The van der Waals surface area contributed by atoms with E-state index in [-0.39, 0.29) is 17.7 Å². The number of hydrogen-bond acceptors (Lipinski definition) is 3. The molecule has 1 atom stereocenters. The highest BCUT2D eigenvalue weighted by atomic mass is 16.5. The minimum Gasteiger partial charge on any atom is -0.457 e. The van der Waals surface area contributed by atoms with Crippen molar-refractivity contribution in [2.75, 3.05) is 18.4 Å². The monoisotopic (exact) mass is 400 g/mol. The molecule has 2 amide bonds. The second-order valence-electron chi connectivity index (χ2n) is 7.39. The third-order valence-corrected chi connectivity index (χ3v) is 5.20. The van der Waals surface area contributed by atoms with Crippen LogP contribution in [0.25, 0.3) is 0 Å². The highest BCUT2D eigenvalue weighted by Crippen LogP contribution is 2.24. The van der Waals surface area contributed by atoms with Crippen molar-refractivity contribution >= 4 is 17.5 Å². The molecular weight excluding hydrogens is 376 g/mol. The molecule has 0 spiro atoms. The van der Waals surface area contributed by atoms with Crippen molar-refractivity contribution in [3.8, 4) is 11.5 Å². The lowest BCUT2D eigenvalue weighted by Crippen LogP contribution is -2.43. The summed E-state index contributed by atoms with van der Waals surface area (Å²) in [6.45, 7) is 1.12. The summed E-state index contributed by atoms with van der Waals surface area (Å²) in [5.41, 5.74) is 1.37. The number of amides is 2. The zero-order valence-electron chi connectivity index (χ0n) is 16.7. The number of nitrogens with zero attached hydrogens (tertiary/aromatic N) is 1. The van der Waals surface area contributed by atoms with E-state index in [9.17, 15) is 9.59 Å². The van der Waals surface area contributed by atoms with Gasteiger partial charge < -0.3 is 15.0 Å². The second-order valence-corrected chi connectivity index (χ2v) is 7.39. The van der Waals surface area contributed by atoms with E-state index < -0.39 is 0 Å². The molecule has 0 aromatic heterocycles. The maximum atomic E-state index is 12.8. The average molecular weight is 400 g/mol. The van der Waals surface area contributed by atoms with Crippen LogP contribution in [0.3, 0.4) is 0 Å². The van der Waals surface area contributed by atoms with Crippen LogP contribution < -0.4 is 10.1 Å². The highest BCUT2D eigenvalue weighted by Gasteiger charge is 2.28. The molecule has 5 heteroatoms. The molecule has 5 nitrogen and oxygen atoms in total. The van der Waals surface area contributed by atoms with E-state index in [1.54, 1.807) is 4.90 Å². The van der Waals surface area contributed by atoms with Crippen LogP contribution in [0.5, 0.6) is 11.5 Å². The van der Waals surface area contributed by atoms with Gasteiger partial charge >= 0.3 is 0 Å². The summed E-state index contributed by atoms with van der Waals surface area (Å²) in [6, 6.07) is 26.1. The third-order valence-electron chi connectivity index (χ3n) is 5.20. The lowest BCUT2D eigenvalue weighted by atomic mass is 9.96. The minimum absolute atomic E-state index is 0.0180. The number of ether oxygens (including phenoxy) is 1. The number of hydrogen-bond donors (Lipinski definition) is 1. The Bertz CT molecular complexity index is 988. The molecule has 0 saturated carbocycles. The number of anilines is 1. The van der Waals surface area contributed by atoms with Crippen molar-refractivity contribution in [3.05, 3.63) is 90.5 Å². The smallest absolute Gasteiger partial charge is 0.253 e. The summed E-state index contributed by atoms with van der Waals surface area (Å²) >= 11 is 0. The fraction of sp³-hybridized carbons (Fsp3) is 0.200. The zero-order chi connectivity index (χ0) is 20.8. The van der Waals surface area contributed by atoms with Gasteiger partial charge in [0, 0.05) is 24.3 Å². The fourth-order valence-electron chi connectivity index (χ4n) is 3.61. The van der Waals surface area contributed by atoms with Crippen LogP contribution in [0.15, 0.2) is 84.9 Å². The van der Waals surface area contributed by atoms with Gasteiger partial charge in [0.15, 0.2) is 0 Å². The van der Waals surface area contributed by atoms with Crippen molar-refractivity contribution in [2.24, 2.45) is 5.92 Å². The van der Waals surface area contributed by atoms with Crippen LogP contribution in [-0.4, -0.2) is 29.8 Å². The molecule has 3 aromatic carbocycles. The van der Waals surface area contributed by atoms with Gasteiger partial charge in [-0.1, -0.05) is 36.4 Å². The molecule has 4 rings (SSSR count).